The maximum Gasteiger partial charge on any atom is 0.175 e. The van der Waals surface area contributed by atoms with Crippen molar-refractivity contribution in [1.29, 1.82) is 0 Å². The van der Waals surface area contributed by atoms with E-state index >= 15 is 0 Å². The van der Waals surface area contributed by atoms with Gasteiger partial charge in [-0.2, -0.15) is 0 Å². The maximum absolute atomic E-state index is 14.1. The van der Waals surface area contributed by atoms with Crippen LogP contribution in [0.1, 0.15) is 5.69 Å². The Balaban J connectivity index is 2.09. The topological polar surface area (TPSA) is 59.2 Å². The number of H-pyrrole nitrogens is 1. The number of hydrogen-bond donors (Lipinski definition) is 1. The standard InChI is InChI=1S/C19H18FNO3S/c1-12-10-16(14-6-9-18(24-2)17(20)11-14)19(21-12)13-4-7-15(8-5-13)25(3,22)23/h4-11,21H,1-3H3. The number of sulfone groups is 1. The van der Waals surface area contributed by atoms with E-state index in [0.717, 1.165) is 22.5 Å². The lowest BCUT2D eigenvalue weighted by Gasteiger charge is -2.08. The molecule has 2 aromatic carbocycles. The fraction of sp³-hybridized carbons (Fsp3) is 0.158. The molecule has 0 radical (unpaired) electrons. The van der Waals surface area contributed by atoms with Crippen LogP contribution in [0.25, 0.3) is 22.4 Å². The van der Waals surface area contributed by atoms with Crippen molar-refractivity contribution in [2.24, 2.45) is 0 Å². The van der Waals surface area contributed by atoms with Crippen molar-refractivity contribution in [2.75, 3.05) is 13.4 Å². The molecule has 3 rings (SSSR count). The molecule has 0 spiro atoms. The van der Waals surface area contributed by atoms with Crippen LogP contribution in [-0.2, 0) is 9.84 Å². The van der Waals surface area contributed by atoms with Gasteiger partial charge in [0.05, 0.1) is 17.7 Å². The highest BCUT2D eigenvalue weighted by atomic mass is 32.2. The quantitative estimate of drug-likeness (QED) is 0.759. The highest BCUT2D eigenvalue weighted by molar-refractivity contribution is 7.90. The Hall–Kier alpha value is -2.60. The van der Waals surface area contributed by atoms with Crippen molar-refractivity contribution in [3.8, 4) is 28.1 Å². The minimum absolute atomic E-state index is 0.190. The Morgan fingerprint density at radius 1 is 1.00 bits per heavy atom. The van der Waals surface area contributed by atoms with E-state index < -0.39 is 15.7 Å². The first-order chi connectivity index (χ1) is 11.8. The van der Waals surface area contributed by atoms with E-state index in [1.165, 1.54) is 19.4 Å². The first-order valence-electron chi connectivity index (χ1n) is 7.63. The number of halogens is 1. The van der Waals surface area contributed by atoms with Crippen LogP contribution in [0.3, 0.4) is 0 Å². The smallest absolute Gasteiger partial charge is 0.175 e. The molecule has 0 bridgehead atoms. The van der Waals surface area contributed by atoms with Gasteiger partial charge in [0, 0.05) is 17.5 Å². The Labute approximate surface area is 146 Å². The van der Waals surface area contributed by atoms with Gasteiger partial charge in [0.15, 0.2) is 21.4 Å². The highest BCUT2D eigenvalue weighted by Crippen LogP contribution is 2.34. The molecular weight excluding hydrogens is 341 g/mol. The molecule has 6 heteroatoms. The van der Waals surface area contributed by atoms with E-state index in [4.69, 9.17) is 4.74 Å². The molecule has 1 N–H and O–H groups in total. The van der Waals surface area contributed by atoms with E-state index in [1.807, 2.05) is 13.0 Å². The number of hydrogen-bond acceptors (Lipinski definition) is 3. The summed E-state index contributed by atoms with van der Waals surface area (Å²) < 4.78 is 42.2. The average Bonchev–Trinajstić information content (AvgIpc) is 2.96. The van der Waals surface area contributed by atoms with Gasteiger partial charge in [-0.15, -0.1) is 0 Å². The first kappa shape index (κ1) is 17.2. The lowest BCUT2D eigenvalue weighted by molar-refractivity contribution is 0.386. The zero-order chi connectivity index (χ0) is 18.2. The van der Waals surface area contributed by atoms with Gasteiger partial charge in [-0.1, -0.05) is 18.2 Å². The molecule has 4 nitrogen and oxygen atoms in total. The fourth-order valence-electron chi connectivity index (χ4n) is 2.75. The van der Waals surface area contributed by atoms with Crippen molar-refractivity contribution in [1.82, 2.24) is 4.98 Å². The van der Waals surface area contributed by atoms with Crippen LogP contribution >= 0.6 is 0 Å². The van der Waals surface area contributed by atoms with Gasteiger partial charge in [-0.3, -0.25) is 0 Å². The second-order valence-electron chi connectivity index (χ2n) is 5.89. The van der Waals surface area contributed by atoms with E-state index in [2.05, 4.69) is 4.98 Å². The predicted molar refractivity (Wildman–Crippen MR) is 96.0 cm³/mol. The highest BCUT2D eigenvalue weighted by Gasteiger charge is 2.14. The molecule has 25 heavy (non-hydrogen) atoms. The van der Waals surface area contributed by atoms with Gasteiger partial charge in [0.1, 0.15) is 0 Å². The third-order valence-corrected chi connectivity index (χ3v) is 5.11. The van der Waals surface area contributed by atoms with Crippen LogP contribution in [0.4, 0.5) is 4.39 Å². The summed E-state index contributed by atoms with van der Waals surface area (Å²) in [5.41, 5.74) is 4.11. The Morgan fingerprint density at radius 3 is 2.20 bits per heavy atom. The number of aromatic amines is 1. The van der Waals surface area contributed by atoms with Gasteiger partial charge in [-0.25, -0.2) is 12.8 Å². The molecule has 0 aliphatic carbocycles. The summed E-state index contributed by atoms with van der Waals surface area (Å²) in [6.45, 7) is 1.91. The molecular formula is C19H18FNO3S. The monoisotopic (exact) mass is 359 g/mol. The maximum atomic E-state index is 14.1. The number of nitrogens with one attached hydrogen (secondary N) is 1. The predicted octanol–water partition coefficient (Wildman–Crippen LogP) is 4.21. The number of aromatic nitrogens is 1. The summed E-state index contributed by atoms with van der Waals surface area (Å²) in [6.07, 6.45) is 1.17. The third kappa shape index (κ3) is 3.44. The van der Waals surface area contributed by atoms with Gasteiger partial charge in [0.2, 0.25) is 0 Å². The zero-order valence-corrected chi connectivity index (χ0v) is 14.9. The van der Waals surface area contributed by atoms with Crippen molar-refractivity contribution in [2.45, 2.75) is 11.8 Å². The third-order valence-electron chi connectivity index (χ3n) is 3.99. The molecule has 0 atom stereocenters. The van der Waals surface area contributed by atoms with Crippen molar-refractivity contribution in [3.63, 3.8) is 0 Å². The molecule has 0 aliphatic heterocycles. The molecule has 1 heterocycles. The van der Waals surface area contributed by atoms with Crippen molar-refractivity contribution < 1.29 is 17.5 Å². The van der Waals surface area contributed by atoms with E-state index in [1.54, 1.807) is 36.4 Å². The summed E-state index contributed by atoms with van der Waals surface area (Å²) in [7, 11) is -1.82. The summed E-state index contributed by atoms with van der Waals surface area (Å²) >= 11 is 0. The van der Waals surface area contributed by atoms with E-state index in [-0.39, 0.29) is 10.6 Å². The largest absolute Gasteiger partial charge is 0.494 e. The molecule has 1 aromatic heterocycles. The number of rotatable bonds is 4. The van der Waals surface area contributed by atoms with E-state index in [0.29, 0.717) is 5.56 Å². The lowest BCUT2D eigenvalue weighted by Crippen LogP contribution is -1.96. The minimum atomic E-state index is -3.25. The molecule has 0 amide bonds. The van der Waals surface area contributed by atoms with Gasteiger partial charge < -0.3 is 9.72 Å². The SMILES string of the molecule is COc1ccc(-c2cc(C)[nH]c2-c2ccc(S(C)(=O)=O)cc2)cc1F. The van der Waals surface area contributed by atoms with Gasteiger partial charge in [-0.05, 0) is 48.4 Å². The summed E-state index contributed by atoms with van der Waals surface area (Å²) in [4.78, 5) is 3.52. The normalized spacial score (nSPS) is 11.5. The molecule has 0 aliphatic rings. The van der Waals surface area contributed by atoms with Crippen LogP contribution in [0, 0.1) is 12.7 Å². The van der Waals surface area contributed by atoms with Crippen LogP contribution in [0.15, 0.2) is 53.4 Å². The second-order valence-corrected chi connectivity index (χ2v) is 7.90. The van der Waals surface area contributed by atoms with Crippen molar-refractivity contribution >= 4 is 9.84 Å². The van der Waals surface area contributed by atoms with Crippen LogP contribution in [0.2, 0.25) is 0 Å². The molecule has 3 aromatic rings. The van der Waals surface area contributed by atoms with Crippen LogP contribution in [-0.4, -0.2) is 26.8 Å². The van der Waals surface area contributed by atoms with Crippen molar-refractivity contribution in [3.05, 3.63) is 60.0 Å². The van der Waals surface area contributed by atoms with Gasteiger partial charge >= 0.3 is 0 Å². The van der Waals surface area contributed by atoms with Crippen LogP contribution in [0.5, 0.6) is 5.75 Å². The minimum Gasteiger partial charge on any atom is -0.494 e. The Morgan fingerprint density at radius 2 is 1.64 bits per heavy atom. The summed E-state index contributed by atoms with van der Waals surface area (Å²) in [5, 5.41) is 0. The zero-order valence-electron chi connectivity index (χ0n) is 14.1. The molecule has 0 saturated carbocycles. The lowest BCUT2D eigenvalue weighted by atomic mass is 10.0. The Bertz CT molecular complexity index is 1020. The fourth-order valence-corrected chi connectivity index (χ4v) is 3.38. The molecule has 0 fully saturated rings. The number of benzene rings is 2. The number of methoxy groups -OCH3 is 1. The molecule has 0 unspecified atom stereocenters. The number of ether oxygens (including phenoxy) is 1. The molecule has 130 valence electrons. The van der Waals surface area contributed by atoms with Gasteiger partial charge in [0.25, 0.3) is 0 Å². The summed E-state index contributed by atoms with van der Waals surface area (Å²) in [6, 6.07) is 13.4. The summed E-state index contributed by atoms with van der Waals surface area (Å²) in [5.74, 6) is -0.243. The Kier molecular flexibility index (Phi) is 4.39. The van der Waals surface area contributed by atoms with E-state index in [9.17, 15) is 12.8 Å². The average molecular weight is 359 g/mol. The second kappa shape index (κ2) is 6.37. The van der Waals surface area contributed by atoms with Crippen LogP contribution < -0.4 is 4.74 Å². The number of aryl methyl sites for hydroxylation is 1. The first-order valence-corrected chi connectivity index (χ1v) is 9.53. The molecule has 0 saturated heterocycles.